The molecule has 6 rings (SSSR count). The SMILES string of the molecule is CN(Cc1ccc(S(=O)(=O)O)cc1S(=O)(=O)O)c1ccc2c(c1)C(C)(C)C1=CC(=[N+](C)Cc3ccc(S(=O)(=O)O)cc3)C=CC1=C2c1c(F)c(F)c(SCC(=O)O)c(F)c1F. The van der Waals surface area contributed by atoms with E-state index in [1.54, 1.807) is 43.7 Å². The molecule has 0 saturated carbocycles. The number of carbonyl (C=O) groups is 1. The van der Waals surface area contributed by atoms with Crippen LogP contribution in [0.3, 0.4) is 0 Å². The molecule has 2 aliphatic rings. The van der Waals surface area contributed by atoms with Crippen LogP contribution in [0.2, 0.25) is 0 Å². The standard InChI is InChI=1S/C40H34F4N2O11S4/c1-40(2)29-15-23(45(3)18-21-5-10-25(11-6-21)59(49,50)51)8-13-27(29)33(34-35(41)37(43)39(38(44)36(34)42)58-20-32(47)48)28-14-9-24(16-30(28)40)46(4)19-22-7-12-26(60(52,53)54)17-31(22)61(55,56)57/h5-17H,18-20H2,1-4H3,(H3-,47,48,49,50,51,52,53,54,55,56,57)/p+1. The van der Waals surface area contributed by atoms with E-state index in [1.165, 1.54) is 54.4 Å². The molecule has 61 heavy (non-hydrogen) atoms. The van der Waals surface area contributed by atoms with Crippen LogP contribution >= 0.6 is 11.8 Å². The van der Waals surface area contributed by atoms with Gasteiger partial charge in [0, 0.05) is 48.0 Å². The lowest BCUT2D eigenvalue weighted by molar-refractivity contribution is -0.512. The van der Waals surface area contributed by atoms with Crippen molar-refractivity contribution >= 4 is 65.1 Å². The van der Waals surface area contributed by atoms with Crippen LogP contribution in [0.25, 0.3) is 5.57 Å². The molecule has 4 aromatic rings. The van der Waals surface area contributed by atoms with Crippen molar-refractivity contribution in [2.24, 2.45) is 0 Å². The molecule has 2 aliphatic carbocycles. The average Bonchev–Trinajstić information content (AvgIpc) is 3.17. The molecule has 0 aromatic heterocycles. The predicted octanol–water partition coefficient (Wildman–Crippen LogP) is 6.67. The van der Waals surface area contributed by atoms with E-state index in [-0.39, 0.29) is 52.0 Å². The molecule has 0 saturated heterocycles. The molecule has 13 nitrogen and oxygen atoms in total. The van der Waals surface area contributed by atoms with Crippen LogP contribution in [0, 0.1) is 23.3 Å². The molecule has 322 valence electrons. The van der Waals surface area contributed by atoms with E-state index in [0.29, 0.717) is 34.2 Å². The lowest BCUT2D eigenvalue weighted by atomic mass is 9.64. The number of hydrogen-bond acceptors (Lipinski definition) is 9. The second kappa shape index (κ2) is 16.3. The maximum Gasteiger partial charge on any atom is 0.313 e. The van der Waals surface area contributed by atoms with Crippen LogP contribution in [0.5, 0.6) is 0 Å². The minimum atomic E-state index is -5.02. The molecule has 0 bridgehead atoms. The third kappa shape index (κ3) is 8.94. The van der Waals surface area contributed by atoms with Crippen molar-refractivity contribution in [3.8, 4) is 0 Å². The lowest BCUT2D eigenvalue weighted by Crippen LogP contribution is -2.31. The summed E-state index contributed by atoms with van der Waals surface area (Å²) in [7, 11) is -11.1. The van der Waals surface area contributed by atoms with E-state index in [9.17, 15) is 43.7 Å². The molecule has 0 unspecified atom stereocenters. The lowest BCUT2D eigenvalue weighted by Gasteiger charge is -2.39. The highest BCUT2D eigenvalue weighted by Gasteiger charge is 2.42. The Morgan fingerprint density at radius 2 is 1.38 bits per heavy atom. The van der Waals surface area contributed by atoms with Crippen LogP contribution in [-0.2, 0) is 53.7 Å². The number of nitrogens with zero attached hydrogens (tertiary/aromatic N) is 2. The van der Waals surface area contributed by atoms with Crippen molar-refractivity contribution in [2.45, 2.75) is 51.9 Å². The van der Waals surface area contributed by atoms with Gasteiger partial charge in [-0.1, -0.05) is 38.1 Å². The number of aliphatic carboxylic acids is 1. The zero-order chi connectivity index (χ0) is 45.1. The molecule has 4 N–H and O–H groups in total. The minimum absolute atomic E-state index is 0.0667. The van der Waals surface area contributed by atoms with Crippen LogP contribution in [0.1, 0.15) is 41.7 Å². The topological polar surface area (TPSA) is 207 Å². The molecular formula is C40H35F4N2O11S4+. The van der Waals surface area contributed by atoms with Gasteiger partial charge < -0.3 is 10.0 Å². The van der Waals surface area contributed by atoms with Gasteiger partial charge in [0.1, 0.15) is 11.9 Å². The number of hydrogen-bond donors (Lipinski definition) is 4. The summed E-state index contributed by atoms with van der Waals surface area (Å²) in [5.74, 6) is -9.54. The van der Waals surface area contributed by atoms with Crippen LogP contribution in [0.15, 0.2) is 110 Å². The Bertz CT molecular complexity index is 2990. The van der Waals surface area contributed by atoms with Gasteiger partial charge in [-0.25, -0.2) is 22.1 Å². The largest absolute Gasteiger partial charge is 0.481 e. The number of carboxylic acids is 1. The highest BCUT2D eigenvalue weighted by molar-refractivity contribution is 8.00. The third-order valence-electron chi connectivity index (χ3n) is 10.2. The van der Waals surface area contributed by atoms with Gasteiger partial charge in [0.15, 0.2) is 35.5 Å². The Morgan fingerprint density at radius 1 is 0.787 bits per heavy atom. The number of thioether (sulfide) groups is 1. The summed E-state index contributed by atoms with van der Waals surface area (Å²) in [6.45, 7) is 3.50. The van der Waals surface area contributed by atoms with Gasteiger partial charge in [-0.2, -0.15) is 25.3 Å². The van der Waals surface area contributed by atoms with E-state index >= 15 is 17.6 Å². The first-order valence-corrected chi connectivity index (χ1v) is 23.0. The summed E-state index contributed by atoms with van der Waals surface area (Å²) in [5.41, 5.74) is 0.233. The third-order valence-corrected chi connectivity index (χ3v) is 13.9. The fourth-order valence-electron chi connectivity index (χ4n) is 7.21. The fraction of sp³-hybridized carbons (Fsp3) is 0.200. The molecule has 0 radical (unpaired) electrons. The summed E-state index contributed by atoms with van der Waals surface area (Å²) < 4.78 is 166. The summed E-state index contributed by atoms with van der Waals surface area (Å²) in [5, 5.41) is 9.07. The molecule has 0 spiro atoms. The highest BCUT2D eigenvalue weighted by Crippen LogP contribution is 2.52. The van der Waals surface area contributed by atoms with E-state index in [0.717, 1.165) is 12.1 Å². The Balaban J connectivity index is 1.54. The summed E-state index contributed by atoms with van der Waals surface area (Å²) >= 11 is 0.0667. The van der Waals surface area contributed by atoms with Crippen molar-refractivity contribution in [1.82, 2.24) is 0 Å². The normalized spacial score (nSPS) is 15.9. The molecule has 0 amide bonds. The van der Waals surface area contributed by atoms with Gasteiger partial charge in [-0.05, 0) is 70.3 Å². The summed E-state index contributed by atoms with van der Waals surface area (Å²) in [6, 6.07) is 12.6. The first-order valence-electron chi connectivity index (χ1n) is 17.7. The maximum absolute atomic E-state index is 16.3. The van der Waals surface area contributed by atoms with Gasteiger partial charge in [-0.3, -0.25) is 18.5 Å². The molecule has 0 fully saturated rings. The van der Waals surface area contributed by atoms with Crippen LogP contribution in [-0.4, -0.2) is 80.1 Å². The number of fused-ring (bicyclic) bond motifs is 2. The number of halogens is 4. The number of anilines is 1. The molecule has 0 aliphatic heterocycles. The maximum atomic E-state index is 16.3. The zero-order valence-electron chi connectivity index (χ0n) is 32.3. The quantitative estimate of drug-likeness (QED) is 0.0386. The number of benzene rings is 4. The van der Waals surface area contributed by atoms with Crippen molar-refractivity contribution in [1.29, 1.82) is 0 Å². The van der Waals surface area contributed by atoms with E-state index in [1.807, 2.05) is 0 Å². The molecule has 21 heteroatoms. The van der Waals surface area contributed by atoms with Crippen molar-refractivity contribution in [3.63, 3.8) is 0 Å². The molecule has 0 heterocycles. The van der Waals surface area contributed by atoms with Crippen molar-refractivity contribution < 1.29 is 70.9 Å². The van der Waals surface area contributed by atoms with Gasteiger partial charge in [0.05, 0.1) is 26.0 Å². The van der Waals surface area contributed by atoms with Gasteiger partial charge in [-0.15, -0.1) is 11.8 Å². The molecular weight excluding hydrogens is 889 g/mol. The summed E-state index contributed by atoms with van der Waals surface area (Å²) in [6.07, 6.45) is 4.84. The van der Waals surface area contributed by atoms with E-state index < -0.39 is 91.0 Å². The Labute approximate surface area is 352 Å². The first-order chi connectivity index (χ1) is 28.2. The van der Waals surface area contributed by atoms with Crippen molar-refractivity contribution in [2.75, 3.05) is 24.7 Å². The van der Waals surface area contributed by atoms with Crippen LogP contribution in [0.4, 0.5) is 23.2 Å². The fourth-order valence-corrected chi connectivity index (χ4v) is 9.71. The van der Waals surface area contributed by atoms with E-state index in [4.69, 9.17) is 5.11 Å². The van der Waals surface area contributed by atoms with Gasteiger partial charge in [0.2, 0.25) is 0 Å². The highest BCUT2D eigenvalue weighted by atomic mass is 32.2. The van der Waals surface area contributed by atoms with Crippen molar-refractivity contribution in [3.05, 3.63) is 141 Å². The van der Waals surface area contributed by atoms with E-state index in [2.05, 4.69) is 0 Å². The Morgan fingerprint density at radius 3 is 1.93 bits per heavy atom. The van der Waals surface area contributed by atoms with Crippen LogP contribution < -0.4 is 4.90 Å². The molecule has 0 atom stereocenters. The number of allylic oxidation sites excluding steroid dienone is 5. The average molecular weight is 924 g/mol. The first kappa shape index (κ1) is 45.4. The zero-order valence-corrected chi connectivity index (χ0v) is 35.6. The second-order valence-electron chi connectivity index (χ2n) is 14.7. The van der Waals surface area contributed by atoms with Gasteiger partial charge in [0.25, 0.3) is 30.4 Å². The Kier molecular flexibility index (Phi) is 12.1. The monoisotopic (exact) mass is 923 g/mol. The Hall–Kier alpha value is -5.16. The van der Waals surface area contributed by atoms with Gasteiger partial charge >= 0.3 is 5.97 Å². The number of rotatable bonds is 12. The molecule has 4 aromatic carbocycles. The smallest absolute Gasteiger partial charge is 0.313 e. The number of carboxylic acid groups (broad SMARTS) is 1. The predicted molar refractivity (Wildman–Crippen MR) is 217 cm³/mol. The second-order valence-corrected chi connectivity index (χ2v) is 19.9. The minimum Gasteiger partial charge on any atom is -0.481 e. The summed E-state index contributed by atoms with van der Waals surface area (Å²) in [4.78, 5) is 9.61.